The standard InChI is InChI=1S/C17H20NOPS/c1-4-20(19)13-7-5-6-8-14(13)21-15-10-9-12(11(2)3)16(18)17(15)20/h5-11H,4,18H2,1-3H3. The van der Waals surface area contributed by atoms with Gasteiger partial charge in [-0.25, -0.2) is 0 Å². The van der Waals surface area contributed by atoms with E-state index in [4.69, 9.17) is 5.73 Å². The topological polar surface area (TPSA) is 43.1 Å². The van der Waals surface area contributed by atoms with E-state index in [1.807, 2.05) is 25.1 Å². The largest absolute Gasteiger partial charge is 0.398 e. The van der Waals surface area contributed by atoms with Crippen molar-refractivity contribution < 1.29 is 4.57 Å². The Balaban J connectivity index is 2.33. The maximum atomic E-state index is 13.7. The van der Waals surface area contributed by atoms with Gasteiger partial charge in [-0.15, -0.1) is 0 Å². The number of anilines is 1. The van der Waals surface area contributed by atoms with Gasteiger partial charge in [-0.2, -0.15) is 0 Å². The Morgan fingerprint density at radius 3 is 2.52 bits per heavy atom. The Hall–Kier alpha value is -1.18. The van der Waals surface area contributed by atoms with Gasteiger partial charge < -0.3 is 10.3 Å². The van der Waals surface area contributed by atoms with E-state index < -0.39 is 7.14 Å². The van der Waals surface area contributed by atoms with E-state index in [0.29, 0.717) is 12.1 Å². The van der Waals surface area contributed by atoms with E-state index in [1.54, 1.807) is 11.8 Å². The summed E-state index contributed by atoms with van der Waals surface area (Å²) in [6.07, 6.45) is 0.614. The van der Waals surface area contributed by atoms with Crippen LogP contribution < -0.4 is 16.3 Å². The van der Waals surface area contributed by atoms with Crippen molar-refractivity contribution >= 4 is 35.2 Å². The zero-order valence-corrected chi connectivity index (χ0v) is 14.3. The molecule has 2 nitrogen and oxygen atoms in total. The number of nitrogens with two attached hydrogens (primary N) is 1. The van der Waals surface area contributed by atoms with Crippen molar-refractivity contribution in [3.05, 3.63) is 42.0 Å². The quantitative estimate of drug-likeness (QED) is 0.667. The number of fused-ring (bicyclic) bond motifs is 2. The molecular weight excluding hydrogens is 297 g/mol. The summed E-state index contributed by atoms with van der Waals surface area (Å²) in [6, 6.07) is 12.2. The van der Waals surface area contributed by atoms with Crippen LogP contribution in [0, 0.1) is 0 Å². The van der Waals surface area contributed by atoms with Crippen LogP contribution >= 0.6 is 18.9 Å². The van der Waals surface area contributed by atoms with Crippen molar-refractivity contribution in [2.24, 2.45) is 0 Å². The van der Waals surface area contributed by atoms with Crippen LogP contribution in [-0.2, 0) is 4.57 Å². The van der Waals surface area contributed by atoms with E-state index in [-0.39, 0.29) is 0 Å². The molecule has 0 saturated carbocycles. The first-order valence-corrected chi connectivity index (χ1v) is 9.99. The molecule has 110 valence electrons. The molecule has 1 aliphatic rings. The lowest BCUT2D eigenvalue weighted by Crippen LogP contribution is -2.28. The summed E-state index contributed by atoms with van der Waals surface area (Å²) in [4.78, 5) is 2.16. The van der Waals surface area contributed by atoms with Gasteiger partial charge in [0.2, 0.25) is 0 Å². The molecule has 4 heteroatoms. The van der Waals surface area contributed by atoms with Gasteiger partial charge in [0.25, 0.3) is 0 Å². The monoisotopic (exact) mass is 317 g/mol. The molecule has 2 aromatic rings. The van der Waals surface area contributed by atoms with Gasteiger partial charge in [0.15, 0.2) is 0 Å². The highest BCUT2D eigenvalue weighted by molar-refractivity contribution is 8.02. The van der Waals surface area contributed by atoms with Crippen LogP contribution in [0.5, 0.6) is 0 Å². The van der Waals surface area contributed by atoms with Crippen molar-refractivity contribution in [2.45, 2.75) is 36.5 Å². The molecule has 0 bridgehead atoms. The molecule has 0 aliphatic carbocycles. The Labute approximate surface area is 130 Å². The third-order valence-electron chi connectivity index (χ3n) is 4.12. The summed E-state index contributed by atoms with van der Waals surface area (Å²) in [6.45, 7) is 6.25. The van der Waals surface area contributed by atoms with Gasteiger partial charge in [-0.3, -0.25) is 0 Å². The zero-order chi connectivity index (χ0) is 15.2. The van der Waals surface area contributed by atoms with Gasteiger partial charge in [0.05, 0.1) is 5.30 Å². The summed E-state index contributed by atoms with van der Waals surface area (Å²) in [5.41, 5.74) is 8.26. The molecule has 2 aromatic carbocycles. The number of rotatable bonds is 2. The molecule has 0 fully saturated rings. The molecule has 0 spiro atoms. The van der Waals surface area contributed by atoms with E-state index in [9.17, 15) is 4.57 Å². The van der Waals surface area contributed by atoms with Crippen LogP contribution in [0.3, 0.4) is 0 Å². The molecule has 1 unspecified atom stereocenters. The van der Waals surface area contributed by atoms with Crippen molar-refractivity contribution in [1.29, 1.82) is 0 Å². The smallest absolute Gasteiger partial charge is 0.147 e. The average molecular weight is 317 g/mol. The lowest BCUT2D eigenvalue weighted by molar-refractivity contribution is 0.587. The Morgan fingerprint density at radius 1 is 1.14 bits per heavy atom. The molecule has 21 heavy (non-hydrogen) atoms. The zero-order valence-electron chi connectivity index (χ0n) is 12.6. The number of benzene rings is 2. The third-order valence-corrected chi connectivity index (χ3v) is 8.82. The predicted molar refractivity (Wildman–Crippen MR) is 92.9 cm³/mol. The Kier molecular flexibility index (Phi) is 3.67. The van der Waals surface area contributed by atoms with Gasteiger partial charge in [0, 0.05) is 26.9 Å². The van der Waals surface area contributed by atoms with Crippen molar-refractivity contribution in [2.75, 3.05) is 11.9 Å². The van der Waals surface area contributed by atoms with Gasteiger partial charge in [-0.05, 0) is 23.6 Å². The molecule has 0 amide bonds. The highest BCUT2D eigenvalue weighted by Gasteiger charge is 2.37. The summed E-state index contributed by atoms with van der Waals surface area (Å²) in [5, 5.41) is 1.86. The van der Waals surface area contributed by atoms with Crippen LogP contribution in [0.1, 0.15) is 32.3 Å². The lowest BCUT2D eigenvalue weighted by atomic mass is 10.0. The highest BCUT2D eigenvalue weighted by atomic mass is 32.2. The van der Waals surface area contributed by atoms with Crippen LogP contribution in [0.25, 0.3) is 0 Å². The molecule has 3 rings (SSSR count). The number of nitrogen functional groups attached to an aromatic ring is 1. The van der Waals surface area contributed by atoms with Crippen molar-refractivity contribution in [3.8, 4) is 0 Å². The van der Waals surface area contributed by atoms with E-state index in [2.05, 4.69) is 32.0 Å². The SMILES string of the molecule is CCP1(=O)c2ccccc2Sc2ccc(C(C)C)c(N)c21. The first-order chi connectivity index (χ1) is 9.99. The molecular formula is C17H20NOPS. The highest BCUT2D eigenvalue weighted by Crippen LogP contribution is 2.54. The van der Waals surface area contributed by atoms with Crippen LogP contribution in [0.4, 0.5) is 5.69 Å². The minimum atomic E-state index is -2.62. The first-order valence-electron chi connectivity index (χ1n) is 7.28. The fourth-order valence-corrected chi connectivity index (χ4v) is 7.63. The predicted octanol–water partition coefficient (Wildman–Crippen LogP) is 4.19. The van der Waals surface area contributed by atoms with Crippen LogP contribution in [0.2, 0.25) is 0 Å². The second-order valence-electron chi connectivity index (χ2n) is 5.70. The molecule has 1 atom stereocenters. The summed E-state index contributed by atoms with van der Waals surface area (Å²) in [5.74, 6) is 0.336. The summed E-state index contributed by atoms with van der Waals surface area (Å²) >= 11 is 1.68. The van der Waals surface area contributed by atoms with Crippen LogP contribution in [0.15, 0.2) is 46.2 Å². The fraction of sp³-hybridized carbons (Fsp3) is 0.294. The molecule has 2 N–H and O–H groups in total. The number of hydrogen-bond donors (Lipinski definition) is 1. The van der Waals surface area contributed by atoms with Crippen LogP contribution in [-0.4, -0.2) is 6.16 Å². The maximum absolute atomic E-state index is 13.7. The number of hydrogen-bond acceptors (Lipinski definition) is 3. The van der Waals surface area contributed by atoms with E-state index in [1.165, 1.54) is 0 Å². The summed E-state index contributed by atoms with van der Waals surface area (Å²) < 4.78 is 13.7. The Morgan fingerprint density at radius 2 is 1.86 bits per heavy atom. The van der Waals surface area contributed by atoms with Gasteiger partial charge in [-0.1, -0.05) is 56.8 Å². The molecule has 0 saturated heterocycles. The maximum Gasteiger partial charge on any atom is 0.147 e. The van der Waals surface area contributed by atoms with E-state index in [0.717, 1.165) is 31.7 Å². The molecule has 0 radical (unpaired) electrons. The summed E-state index contributed by atoms with van der Waals surface area (Å²) in [7, 11) is -2.62. The van der Waals surface area contributed by atoms with E-state index >= 15 is 0 Å². The molecule has 0 aromatic heterocycles. The Bertz CT molecular complexity index is 754. The minimum absolute atomic E-state index is 0.336. The van der Waals surface area contributed by atoms with Crippen molar-refractivity contribution in [1.82, 2.24) is 0 Å². The second kappa shape index (κ2) is 5.23. The fourth-order valence-electron chi connectivity index (χ4n) is 2.97. The minimum Gasteiger partial charge on any atom is -0.398 e. The van der Waals surface area contributed by atoms with Crippen molar-refractivity contribution in [3.63, 3.8) is 0 Å². The third kappa shape index (κ3) is 2.15. The molecule has 1 aliphatic heterocycles. The van der Waals surface area contributed by atoms with Gasteiger partial charge in [0.1, 0.15) is 7.14 Å². The lowest BCUT2D eigenvalue weighted by Gasteiger charge is -2.30. The second-order valence-corrected chi connectivity index (χ2v) is 9.82. The first kappa shape index (κ1) is 14.7. The van der Waals surface area contributed by atoms with Gasteiger partial charge >= 0.3 is 0 Å². The normalized spacial score (nSPS) is 20.2. The average Bonchev–Trinajstić information content (AvgIpc) is 2.47. The molecule has 1 heterocycles.